The number of anilines is 2. The van der Waals surface area contributed by atoms with E-state index in [-0.39, 0.29) is 12.3 Å². The normalized spacial score (nSPS) is 11.6. The predicted octanol–water partition coefficient (Wildman–Crippen LogP) is 5.23. The molecule has 6 nitrogen and oxygen atoms in total. The van der Waals surface area contributed by atoms with Gasteiger partial charge < -0.3 is 20.5 Å². The standard InChI is InChI=1S/C26H34N2O4/c1-18(2)14-15-31-21-11-12-23(22(27)17-21)28-24(29)16-20-8-6-19(7-9-20)10-13-25(30)32-26(3,4)5/h6-13,17-18H,14-16,27H2,1-5H3,(H,28,29)/b13-10+. The molecule has 2 aromatic rings. The van der Waals surface area contributed by atoms with Gasteiger partial charge in [-0.05, 0) is 62.4 Å². The summed E-state index contributed by atoms with van der Waals surface area (Å²) in [7, 11) is 0. The third kappa shape index (κ3) is 9.25. The summed E-state index contributed by atoms with van der Waals surface area (Å²) in [6.07, 6.45) is 4.26. The Morgan fingerprint density at radius 2 is 1.78 bits per heavy atom. The van der Waals surface area contributed by atoms with Crippen LogP contribution in [0.3, 0.4) is 0 Å². The summed E-state index contributed by atoms with van der Waals surface area (Å²) in [5.74, 6) is 0.703. The molecule has 0 unspecified atom stereocenters. The van der Waals surface area contributed by atoms with Crippen LogP contribution in [0.2, 0.25) is 0 Å². The molecule has 0 spiro atoms. The molecule has 0 saturated carbocycles. The van der Waals surface area contributed by atoms with Crippen LogP contribution in [-0.4, -0.2) is 24.1 Å². The molecule has 3 N–H and O–H groups in total. The molecular weight excluding hydrogens is 404 g/mol. The quantitative estimate of drug-likeness (QED) is 0.318. The Balaban J connectivity index is 1.88. The SMILES string of the molecule is CC(C)CCOc1ccc(NC(=O)Cc2ccc(/C=C/C(=O)OC(C)(C)C)cc2)c(N)c1. The molecule has 0 radical (unpaired) electrons. The van der Waals surface area contributed by atoms with Crippen molar-refractivity contribution in [2.75, 3.05) is 17.7 Å². The highest BCUT2D eigenvalue weighted by atomic mass is 16.6. The van der Waals surface area contributed by atoms with Gasteiger partial charge in [0.05, 0.1) is 24.4 Å². The average molecular weight is 439 g/mol. The Morgan fingerprint density at radius 3 is 2.38 bits per heavy atom. The van der Waals surface area contributed by atoms with Gasteiger partial charge in [0.1, 0.15) is 11.4 Å². The van der Waals surface area contributed by atoms with Crippen molar-refractivity contribution >= 4 is 29.3 Å². The van der Waals surface area contributed by atoms with E-state index in [1.807, 2.05) is 45.0 Å². The number of amides is 1. The van der Waals surface area contributed by atoms with Crippen LogP contribution < -0.4 is 15.8 Å². The second-order valence-electron chi connectivity index (χ2n) is 9.11. The summed E-state index contributed by atoms with van der Waals surface area (Å²) in [5.41, 5.74) is 8.26. The van der Waals surface area contributed by atoms with Crippen LogP contribution in [0.5, 0.6) is 5.75 Å². The van der Waals surface area contributed by atoms with Gasteiger partial charge in [0, 0.05) is 12.1 Å². The number of benzene rings is 2. The molecule has 0 aliphatic heterocycles. The molecule has 0 aromatic heterocycles. The molecule has 2 aromatic carbocycles. The Kier molecular flexibility index (Phi) is 8.88. The third-order valence-corrected chi connectivity index (χ3v) is 4.42. The fourth-order valence-electron chi connectivity index (χ4n) is 2.78. The number of rotatable bonds is 9. The molecule has 6 heteroatoms. The van der Waals surface area contributed by atoms with Crippen LogP contribution >= 0.6 is 0 Å². The van der Waals surface area contributed by atoms with Crippen molar-refractivity contribution < 1.29 is 19.1 Å². The van der Waals surface area contributed by atoms with E-state index in [0.717, 1.165) is 17.5 Å². The second-order valence-corrected chi connectivity index (χ2v) is 9.11. The van der Waals surface area contributed by atoms with Crippen LogP contribution in [0, 0.1) is 5.92 Å². The maximum absolute atomic E-state index is 12.4. The van der Waals surface area contributed by atoms with E-state index in [1.165, 1.54) is 6.08 Å². The first-order valence-electron chi connectivity index (χ1n) is 10.8. The lowest BCUT2D eigenvalue weighted by Gasteiger charge is -2.17. The average Bonchev–Trinajstić information content (AvgIpc) is 2.68. The van der Waals surface area contributed by atoms with Crippen molar-refractivity contribution in [3.63, 3.8) is 0 Å². The smallest absolute Gasteiger partial charge is 0.331 e. The minimum atomic E-state index is -0.525. The second kappa shape index (κ2) is 11.4. The Hall–Kier alpha value is -3.28. The van der Waals surface area contributed by atoms with Gasteiger partial charge in [0.25, 0.3) is 0 Å². The molecule has 2 rings (SSSR count). The van der Waals surface area contributed by atoms with Crippen molar-refractivity contribution in [1.82, 2.24) is 0 Å². The predicted molar refractivity (Wildman–Crippen MR) is 129 cm³/mol. The number of nitrogen functional groups attached to an aromatic ring is 1. The van der Waals surface area contributed by atoms with Crippen molar-refractivity contribution in [2.45, 2.75) is 53.1 Å². The summed E-state index contributed by atoms with van der Waals surface area (Å²) in [6, 6.07) is 12.7. The first-order valence-corrected chi connectivity index (χ1v) is 10.8. The lowest BCUT2D eigenvalue weighted by atomic mass is 10.1. The van der Waals surface area contributed by atoms with E-state index >= 15 is 0 Å². The molecule has 172 valence electrons. The fourth-order valence-corrected chi connectivity index (χ4v) is 2.78. The zero-order valence-corrected chi connectivity index (χ0v) is 19.6. The van der Waals surface area contributed by atoms with E-state index in [4.69, 9.17) is 15.2 Å². The van der Waals surface area contributed by atoms with E-state index in [0.29, 0.717) is 29.6 Å². The number of ether oxygens (including phenoxy) is 2. The number of carbonyl (C=O) groups is 2. The summed E-state index contributed by atoms with van der Waals surface area (Å²) in [4.78, 5) is 24.2. The van der Waals surface area contributed by atoms with Crippen LogP contribution in [0.15, 0.2) is 48.5 Å². The van der Waals surface area contributed by atoms with Crippen molar-refractivity contribution in [3.8, 4) is 5.75 Å². The molecule has 0 bridgehead atoms. The highest BCUT2D eigenvalue weighted by molar-refractivity contribution is 5.95. The van der Waals surface area contributed by atoms with E-state index in [1.54, 1.807) is 24.3 Å². The van der Waals surface area contributed by atoms with Crippen molar-refractivity contribution in [3.05, 3.63) is 59.7 Å². The van der Waals surface area contributed by atoms with Gasteiger partial charge in [-0.2, -0.15) is 0 Å². The maximum Gasteiger partial charge on any atom is 0.331 e. The van der Waals surface area contributed by atoms with E-state index in [9.17, 15) is 9.59 Å². The van der Waals surface area contributed by atoms with E-state index in [2.05, 4.69) is 19.2 Å². The number of hydrogen-bond donors (Lipinski definition) is 2. The molecule has 1 amide bonds. The number of nitrogens with one attached hydrogen (secondary N) is 1. The summed E-state index contributed by atoms with van der Waals surface area (Å²) in [5, 5.41) is 2.84. The number of carbonyl (C=O) groups excluding carboxylic acids is 2. The molecule has 0 fully saturated rings. The van der Waals surface area contributed by atoms with Crippen molar-refractivity contribution in [2.24, 2.45) is 5.92 Å². The number of hydrogen-bond acceptors (Lipinski definition) is 5. The molecule has 0 saturated heterocycles. The zero-order chi connectivity index (χ0) is 23.7. The lowest BCUT2D eigenvalue weighted by Crippen LogP contribution is -2.22. The molecule has 32 heavy (non-hydrogen) atoms. The largest absolute Gasteiger partial charge is 0.494 e. The van der Waals surface area contributed by atoms with Gasteiger partial charge in [-0.25, -0.2) is 4.79 Å². The Morgan fingerprint density at radius 1 is 1.09 bits per heavy atom. The van der Waals surface area contributed by atoms with Gasteiger partial charge in [-0.1, -0.05) is 38.1 Å². The van der Waals surface area contributed by atoms with Crippen LogP contribution in [-0.2, 0) is 20.7 Å². The van der Waals surface area contributed by atoms with Gasteiger partial charge in [-0.15, -0.1) is 0 Å². The minimum Gasteiger partial charge on any atom is -0.494 e. The highest BCUT2D eigenvalue weighted by Gasteiger charge is 2.14. The topological polar surface area (TPSA) is 90.6 Å². The van der Waals surface area contributed by atoms with Crippen LogP contribution in [0.25, 0.3) is 6.08 Å². The molecule has 0 aliphatic rings. The molecular formula is C26H34N2O4. The summed E-state index contributed by atoms with van der Waals surface area (Å²) >= 11 is 0. The van der Waals surface area contributed by atoms with Gasteiger partial charge >= 0.3 is 5.97 Å². The molecule has 0 aliphatic carbocycles. The van der Waals surface area contributed by atoms with Crippen LogP contribution in [0.4, 0.5) is 11.4 Å². The van der Waals surface area contributed by atoms with Crippen LogP contribution in [0.1, 0.15) is 52.2 Å². The number of nitrogens with two attached hydrogens (primary N) is 1. The molecule has 0 heterocycles. The fraction of sp³-hybridized carbons (Fsp3) is 0.385. The summed E-state index contributed by atoms with van der Waals surface area (Å²) < 4.78 is 10.9. The zero-order valence-electron chi connectivity index (χ0n) is 19.6. The summed E-state index contributed by atoms with van der Waals surface area (Å²) in [6.45, 7) is 10.4. The number of esters is 1. The molecule has 0 atom stereocenters. The lowest BCUT2D eigenvalue weighted by molar-refractivity contribution is -0.148. The Bertz CT molecular complexity index is 941. The first kappa shape index (κ1) is 25.0. The van der Waals surface area contributed by atoms with Gasteiger partial charge in [-0.3, -0.25) is 4.79 Å². The van der Waals surface area contributed by atoms with Gasteiger partial charge in [0.15, 0.2) is 0 Å². The van der Waals surface area contributed by atoms with Gasteiger partial charge in [0.2, 0.25) is 5.91 Å². The monoisotopic (exact) mass is 438 g/mol. The third-order valence-electron chi connectivity index (χ3n) is 4.42. The Labute approximate surface area is 190 Å². The first-order chi connectivity index (χ1) is 15.0. The van der Waals surface area contributed by atoms with Crippen molar-refractivity contribution in [1.29, 1.82) is 0 Å². The minimum absolute atomic E-state index is 0.165. The highest BCUT2D eigenvalue weighted by Crippen LogP contribution is 2.25. The van der Waals surface area contributed by atoms with E-state index < -0.39 is 11.6 Å². The maximum atomic E-state index is 12.4.